The minimum absolute atomic E-state index is 0.537. The molecule has 15 heavy (non-hydrogen) atoms. The van der Waals surface area contributed by atoms with Crippen LogP contribution in [0.4, 0.5) is 0 Å². The zero-order valence-corrected chi connectivity index (χ0v) is 11.4. The first-order valence-corrected chi connectivity index (χ1v) is 6.92. The van der Waals surface area contributed by atoms with Gasteiger partial charge in [-0.25, -0.2) is 0 Å². The number of halogens is 1. The Hall–Kier alpha value is -0.300. The van der Waals surface area contributed by atoms with Crippen molar-refractivity contribution in [2.75, 3.05) is 0 Å². The minimum Gasteiger partial charge on any atom is -0.0839 e. The Kier molecular flexibility index (Phi) is 6.00. The number of alkyl halides is 1. The van der Waals surface area contributed by atoms with Crippen LogP contribution >= 0.6 is 15.9 Å². The van der Waals surface area contributed by atoms with Crippen molar-refractivity contribution in [3.63, 3.8) is 0 Å². The van der Waals surface area contributed by atoms with Crippen molar-refractivity contribution < 1.29 is 0 Å². The zero-order valence-electron chi connectivity index (χ0n) is 9.80. The third-order valence-corrected chi connectivity index (χ3v) is 3.80. The molecule has 1 atom stereocenters. The normalized spacial score (nSPS) is 12.7. The SMILES string of the molecule is CCCCCC(Br)c1ccc(CC)cc1. The highest BCUT2D eigenvalue weighted by molar-refractivity contribution is 9.09. The molecular formula is C14H21Br. The number of unbranched alkanes of at least 4 members (excludes halogenated alkanes) is 2. The highest BCUT2D eigenvalue weighted by atomic mass is 79.9. The molecule has 0 aliphatic rings. The van der Waals surface area contributed by atoms with E-state index in [1.165, 1.54) is 36.8 Å². The van der Waals surface area contributed by atoms with E-state index in [0.717, 1.165) is 6.42 Å². The van der Waals surface area contributed by atoms with Gasteiger partial charge in [0.25, 0.3) is 0 Å². The lowest BCUT2D eigenvalue weighted by Crippen LogP contribution is -1.91. The van der Waals surface area contributed by atoms with Gasteiger partial charge in [-0.3, -0.25) is 0 Å². The number of rotatable bonds is 6. The molecule has 84 valence electrons. The number of benzene rings is 1. The largest absolute Gasteiger partial charge is 0.0839 e. The van der Waals surface area contributed by atoms with Crippen molar-refractivity contribution in [3.8, 4) is 0 Å². The number of aryl methyl sites for hydroxylation is 1. The van der Waals surface area contributed by atoms with Gasteiger partial charge >= 0.3 is 0 Å². The van der Waals surface area contributed by atoms with E-state index in [9.17, 15) is 0 Å². The first kappa shape index (κ1) is 12.8. The molecule has 0 bridgehead atoms. The van der Waals surface area contributed by atoms with Crippen LogP contribution in [0, 0.1) is 0 Å². The third-order valence-electron chi connectivity index (χ3n) is 2.81. The second kappa shape index (κ2) is 7.05. The average Bonchev–Trinajstić information content (AvgIpc) is 2.29. The lowest BCUT2D eigenvalue weighted by molar-refractivity contribution is 0.664. The van der Waals surface area contributed by atoms with Crippen molar-refractivity contribution in [3.05, 3.63) is 35.4 Å². The first-order chi connectivity index (χ1) is 7.27. The Morgan fingerprint density at radius 2 is 1.73 bits per heavy atom. The molecule has 0 saturated carbocycles. The van der Waals surface area contributed by atoms with E-state index in [2.05, 4.69) is 54.0 Å². The maximum absolute atomic E-state index is 3.76. The molecule has 0 N–H and O–H groups in total. The van der Waals surface area contributed by atoms with E-state index >= 15 is 0 Å². The van der Waals surface area contributed by atoms with E-state index in [1.54, 1.807) is 0 Å². The van der Waals surface area contributed by atoms with Gasteiger partial charge in [0.15, 0.2) is 0 Å². The fourth-order valence-electron chi connectivity index (χ4n) is 1.70. The summed E-state index contributed by atoms with van der Waals surface area (Å²) in [5.41, 5.74) is 2.84. The second-order valence-corrected chi connectivity index (χ2v) is 5.16. The Bertz CT molecular complexity index is 263. The summed E-state index contributed by atoms with van der Waals surface area (Å²) < 4.78 is 0. The summed E-state index contributed by atoms with van der Waals surface area (Å²) in [6.45, 7) is 4.45. The van der Waals surface area contributed by atoms with Gasteiger partial charge in [-0.05, 0) is 24.0 Å². The molecule has 0 spiro atoms. The molecule has 1 heteroatoms. The Morgan fingerprint density at radius 3 is 2.27 bits per heavy atom. The van der Waals surface area contributed by atoms with E-state index in [0.29, 0.717) is 4.83 Å². The van der Waals surface area contributed by atoms with Gasteiger partial charge in [0, 0.05) is 4.83 Å². The molecule has 0 fully saturated rings. The van der Waals surface area contributed by atoms with E-state index in [1.807, 2.05) is 0 Å². The van der Waals surface area contributed by atoms with Gasteiger partial charge in [-0.2, -0.15) is 0 Å². The monoisotopic (exact) mass is 268 g/mol. The summed E-state index contributed by atoms with van der Waals surface area (Å²) in [5.74, 6) is 0. The van der Waals surface area contributed by atoms with E-state index in [4.69, 9.17) is 0 Å². The summed E-state index contributed by atoms with van der Waals surface area (Å²) in [5, 5.41) is 0. The fourth-order valence-corrected chi connectivity index (χ4v) is 2.33. The Balaban J connectivity index is 2.46. The maximum atomic E-state index is 3.76. The predicted octanol–water partition coefficient (Wildman–Crippen LogP) is 5.27. The van der Waals surface area contributed by atoms with Crippen molar-refractivity contribution in [1.82, 2.24) is 0 Å². The molecular weight excluding hydrogens is 248 g/mol. The molecule has 0 aliphatic heterocycles. The van der Waals surface area contributed by atoms with E-state index < -0.39 is 0 Å². The molecule has 1 aromatic rings. The van der Waals surface area contributed by atoms with Crippen LogP contribution in [0.25, 0.3) is 0 Å². The van der Waals surface area contributed by atoms with Crippen LogP contribution < -0.4 is 0 Å². The third kappa shape index (κ3) is 4.38. The molecule has 0 radical (unpaired) electrons. The van der Waals surface area contributed by atoms with Gasteiger partial charge < -0.3 is 0 Å². The van der Waals surface area contributed by atoms with Crippen LogP contribution in [0.1, 0.15) is 55.5 Å². The van der Waals surface area contributed by atoms with Crippen molar-refractivity contribution in [2.45, 2.75) is 50.8 Å². The highest BCUT2D eigenvalue weighted by Gasteiger charge is 2.06. The molecule has 0 aliphatic carbocycles. The Morgan fingerprint density at radius 1 is 1.07 bits per heavy atom. The molecule has 0 aromatic heterocycles. The van der Waals surface area contributed by atoms with Crippen molar-refractivity contribution in [1.29, 1.82) is 0 Å². The molecule has 1 unspecified atom stereocenters. The van der Waals surface area contributed by atoms with Gasteiger partial charge in [0.2, 0.25) is 0 Å². The molecule has 0 saturated heterocycles. The second-order valence-electron chi connectivity index (χ2n) is 4.06. The van der Waals surface area contributed by atoms with Crippen molar-refractivity contribution in [2.24, 2.45) is 0 Å². The van der Waals surface area contributed by atoms with Crippen LogP contribution in [0.5, 0.6) is 0 Å². The summed E-state index contributed by atoms with van der Waals surface area (Å²) in [4.78, 5) is 0.537. The van der Waals surface area contributed by atoms with Crippen LogP contribution in [0.15, 0.2) is 24.3 Å². The van der Waals surface area contributed by atoms with E-state index in [-0.39, 0.29) is 0 Å². The van der Waals surface area contributed by atoms with Gasteiger partial charge in [-0.15, -0.1) is 0 Å². The number of hydrogen-bond acceptors (Lipinski definition) is 0. The topological polar surface area (TPSA) is 0 Å². The predicted molar refractivity (Wildman–Crippen MR) is 71.6 cm³/mol. The summed E-state index contributed by atoms with van der Waals surface area (Å²) in [6, 6.07) is 8.99. The molecule has 0 nitrogen and oxygen atoms in total. The standard InChI is InChI=1S/C14H21Br/c1-3-5-6-7-14(15)13-10-8-12(4-2)9-11-13/h8-11,14H,3-7H2,1-2H3. The summed E-state index contributed by atoms with van der Waals surface area (Å²) >= 11 is 3.76. The molecule has 0 heterocycles. The van der Waals surface area contributed by atoms with Crippen molar-refractivity contribution >= 4 is 15.9 Å². The van der Waals surface area contributed by atoms with Crippen LogP contribution in [0.3, 0.4) is 0 Å². The van der Waals surface area contributed by atoms with Gasteiger partial charge in [-0.1, -0.05) is 73.3 Å². The number of hydrogen-bond donors (Lipinski definition) is 0. The smallest absolute Gasteiger partial charge is 0.0395 e. The zero-order chi connectivity index (χ0) is 11.1. The van der Waals surface area contributed by atoms with Crippen LogP contribution in [-0.2, 0) is 6.42 Å². The highest BCUT2D eigenvalue weighted by Crippen LogP contribution is 2.28. The van der Waals surface area contributed by atoms with Gasteiger partial charge in [0.1, 0.15) is 0 Å². The quantitative estimate of drug-likeness (QED) is 0.487. The lowest BCUT2D eigenvalue weighted by Gasteiger charge is -2.10. The molecule has 0 amide bonds. The maximum Gasteiger partial charge on any atom is 0.0395 e. The molecule has 1 rings (SSSR count). The minimum atomic E-state index is 0.537. The summed E-state index contributed by atoms with van der Waals surface area (Å²) in [7, 11) is 0. The van der Waals surface area contributed by atoms with Crippen LogP contribution in [-0.4, -0.2) is 0 Å². The first-order valence-electron chi connectivity index (χ1n) is 6.00. The van der Waals surface area contributed by atoms with Crippen LogP contribution in [0.2, 0.25) is 0 Å². The Labute approximate surface area is 102 Å². The fraction of sp³-hybridized carbons (Fsp3) is 0.571. The van der Waals surface area contributed by atoms with Gasteiger partial charge in [0.05, 0.1) is 0 Å². The summed E-state index contributed by atoms with van der Waals surface area (Å²) in [6.07, 6.45) is 6.34. The lowest BCUT2D eigenvalue weighted by atomic mass is 10.0. The average molecular weight is 269 g/mol. The molecule has 1 aromatic carbocycles.